The molecule has 0 unspecified atom stereocenters. The van der Waals surface area contributed by atoms with Gasteiger partial charge in [-0.25, -0.2) is 4.98 Å². The van der Waals surface area contributed by atoms with Gasteiger partial charge in [0, 0.05) is 24.4 Å². The monoisotopic (exact) mass is 330 g/mol. The van der Waals surface area contributed by atoms with E-state index in [2.05, 4.69) is 20.2 Å². The molecule has 0 bridgehead atoms. The lowest BCUT2D eigenvalue weighted by Gasteiger charge is -2.14. The molecule has 8 nitrogen and oxygen atoms in total. The molecule has 23 heavy (non-hydrogen) atoms. The van der Waals surface area contributed by atoms with Crippen LogP contribution in [0.1, 0.15) is 34.5 Å². The Morgan fingerprint density at radius 3 is 3.00 bits per heavy atom. The van der Waals surface area contributed by atoms with Crippen molar-refractivity contribution in [2.24, 2.45) is 7.05 Å². The summed E-state index contributed by atoms with van der Waals surface area (Å²) in [6.07, 6.45) is 0.701. The van der Waals surface area contributed by atoms with Crippen molar-refractivity contribution in [3.05, 3.63) is 33.7 Å². The number of aryl methyl sites for hydroxylation is 2. The lowest BCUT2D eigenvalue weighted by molar-refractivity contribution is 0.0743. The molecule has 4 heterocycles. The van der Waals surface area contributed by atoms with Gasteiger partial charge >= 0.3 is 0 Å². The summed E-state index contributed by atoms with van der Waals surface area (Å²) in [5.41, 5.74) is 4.74. The highest BCUT2D eigenvalue weighted by Gasteiger charge is 2.33. The number of rotatable bonds is 3. The summed E-state index contributed by atoms with van der Waals surface area (Å²) in [6.45, 7) is 2.94. The fourth-order valence-electron chi connectivity index (χ4n) is 2.68. The molecule has 4 rings (SSSR count). The van der Waals surface area contributed by atoms with Crippen molar-refractivity contribution < 1.29 is 9.32 Å². The summed E-state index contributed by atoms with van der Waals surface area (Å²) >= 11 is 1.41. The van der Waals surface area contributed by atoms with Crippen LogP contribution in [-0.2, 0) is 26.6 Å². The zero-order chi connectivity index (χ0) is 16.0. The maximum atomic E-state index is 12.5. The van der Waals surface area contributed by atoms with Crippen molar-refractivity contribution in [3.8, 4) is 11.6 Å². The Morgan fingerprint density at radius 1 is 1.43 bits per heavy atom. The maximum absolute atomic E-state index is 12.5. The van der Waals surface area contributed by atoms with E-state index in [1.807, 2.05) is 14.0 Å². The van der Waals surface area contributed by atoms with Crippen LogP contribution in [0, 0.1) is 0 Å². The molecule has 1 aliphatic rings. The van der Waals surface area contributed by atoms with E-state index in [4.69, 9.17) is 4.52 Å². The quantitative estimate of drug-likeness (QED) is 0.725. The zero-order valence-electron chi connectivity index (χ0n) is 12.7. The lowest BCUT2D eigenvalue weighted by atomic mass is 10.2. The van der Waals surface area contributed by atoms with Crippen molar-refractivity contribution in [2.75, 3.05) is 0 Å². The number of nitrogens with zero attached hydrogens (tertiary/aromatic N) is 6. The van der Waals surface area contributed by atoms with Crippen LogP contribution in [0.4, 0.5) is 0 Å². The third kappa shape index (κ3) is 2.24. The third-order valence-corrected chi connectivity index (χ3v) is 4.48. The van der Waals surface area contributed by atoms with Crippen LogP contribution in [0.3, 0.4) is 0 Å². The first-order chi connectivity index (χ1) is 11.2. The molecule has 0 atom stereocenters. The van der Waals surface area contributed by atoms with Gasteiger partial charge in [0.15, 0.2) is 11.5 Å². The summed E-state index contributed by atoms with van der Waals surface area (Å²) < 4.78 is 7.07. The van der Waals surface area contributed by atoms with Gasteiger partial charge in [-0.15, -0.1) is 11.3 Å². The number of carbonyl (C=O) groups excluding carboxylic acids is 1. The minimum Gasteiger partial charge on any atom is -0.332 e. The smallest absolute Gasteiger partial charge is 0.278 e. The standard InChI is InChI=1S/C14H14N6O2S/c1-3-11-16-13(22-18-11)12-8-4-20(5-10(8)19(2)17-12)14(21)9-6-23-7-15-9/h6-7H,3-5H2,1-2H3. The molecule has 1 amide bonds. The number of thiazole rings is 1. The Hall–Kier alpha value is -2.55. The van der Waals surface area contributed by atoms with Crippen LogP contribution >= 0.6 is 11.3 Å². The Kier molecular flexibility index (Phi) is 3.22. The van der Waals surface area contributed by atoms with Crippen LogP contribution in [-0.4, -0.2) is 35.7 Å². The fraction of sp³-hybridized carbons (Fsp3) is 0.357. The fourth-order valence-corrected chi connectivity index (χ4v) is 3.21. The molecule has 1 aliphatic heterocycles. The second kappa shape index (κ2) is 5.27. The molecular formula is C14H14N6O2S. The number of amides is 1. The van der Waals surface area contributed by atoms with Crippen molar-refractivity contribution in [2.45, 2.75) is 26.4 Å². The van der Waals surface area contributed by atoms with Gasteiger partial charge in [0.2, 0.25) is 0 Å². The molecule has 0 fully saturated rings. The van der Waals surface area contributed by atoms with Gasteiger partial charge in [0.05, 0.1) is 24.3 Å². The number of aromatic nitrogens is 5. The molecule has 0 spiro atoms. The van der Waals surface area contributed by atoms with E-state index in [-0.39, 0.29) is 5.91 Å². The highest BCUT2D eigenvalue weighted by Crippen LogP contribution is 2.32. The molecular weight excluding hydrogens is 316 g/mol. The van der Waals surface area contributed by atoms with E-state index in [1.165, 1.54) is 11.3 Å². The van der Waals surface area contributed by atoms with Crippen LogP contribution in [0.15, 0.2) is 15.4 Å². The van der Waals surface area contributed by atoms with Gasteiger partial charge < -0.3 is 9.42 Å². The van der Waals surface area contributed by atoms with Gasteiger partial charge in [0.25, 0.3) is 11.8 Å². The first-order valence-electron chi connectivity index (χ1n) is 7.22. The first-order valence-corrected chi connectivity index (χ1v) is 8.16. The van der Waals surface area contributed by atoms with Crippen LogP contribution in [0.25, 0.3) is 11.6 Å². The largest absolute Gasteiger partial charge is 0.332 e. The molecule has 3 aromatic heterocycles. The van der Waals surface area contributed by atoms with Crippen LogP contribution < -0.4 is 0 Å². The summed E-state index contributed by atoms with van der Waals surface area (Å²) in [4.78, 5) is 22.7. The minimum atomic E-state index is -0.0758. The number of carbonyl (C=O) groups is 1. The minimum absolute atomic E-state index is 0.0758. The van der Waals surface area contributed by atoms with Crippen molar-refractivity contribution in [3.63, 3.8) is 0 Å². The summed E-state index contributed by atoms with van der Waals surface area (Å²) in [5.74, 6) is 0.975. The lowest BCUT2D eigenvalue weighted by Crippen LogP contribution is -2.26. The Morgan fingerprint density at radius 2 is 2.30 bits per heavy atom. The zero-order valence-corrected chi connectivity index (χ0v) is 13.5. The number of hydrogen-bond acceptors (Lipinski definition) is 7. The van der Waals surface area contributed by atoms with Crippen molar-refractivity contribution in [1.82, 2.24) is 29.8 Å². The molecule has 0 aliphatic carbocycles. The van der Waals surface area contributed by atoms with Crippen molar-refractivity contribution in [1.29, 1.82) is 0 Å². The Bertz CT molecular complexity index is 866. The highest BCUT2D eigenvalue weighted by molar-refractivity contribution is 7.07. The predicted molar refractivity (Wildman–Crippen MR) is 81.6 cm³/mol. The number of hydrogen-bond donors (Lipinski definition) is 0. The van der Waals surface area contributed by atoms with E-state index < -0.39 is 0 Å². The molecule has 0 saturated carbocycles. The van der Waals surface area contributed by atoms with Gasteiger partial charge in [-0.05, 0) is 0 Å². The average molecular weight is 330 g/mol. The second-order valence-electron chi connectivity index (χ2n) is 5.30. The molecule has 9 heteroatoms. The van der Waals surface area contributed by atoms with E-state index in [0.29, 0.717) is 42.6 Å². The maximum Gasteiger partial charge on any atom is 0.278 e. The summed E-state index contributed by atoms with van der Waals surface area (Å²) in [7, 11) is 1.86. The SMILES string of the molecule is CCc1noc(-c2nn(C)c3c2CN(C(=O)c2cscn2)C3)n1. The van der Waals surface area contributed by atoms with Crippen LogP contribution in [0.2, 0.25) is 0 Å². The molecule has 118 valence electrons. The Labute approximate surface area is 135 Å². The Balaban J connectivity index is 1.66. The summed E-state index contributed by atoms with van der Waals surface area (Å²) in [6, 6.07) is 0. The topological polar surface area (TPSA) is 89.9 Å². The molecule has 3 aromatic rings. The molecule has 0 radical (unpaired) electrons. The van der Waals surface area contributed by atoms with E-state index in [1.54, 1.807) is 20.5 Å². The summed E-state index contributed by atoms with van der Waals surface area (Å²) in [5, 5.41) is 10.2. The van der Waals surface area contributed by atoms with E-state index >= 15 is 0 Å². The molecule has 0 N–H and O–H groups in total. The second-order valence-corrected chi connectivity index (χ2v) is 6.02. The van der Waals surface area contributed by atoms with Crippen molar-refractivity contribution >= 4 is 17.2 Å². The molecule has 0 aromatic carbocycles. The average Bonchev–Trinajstić information content (AvgIpc) is 3.33. The van der Waals surface area contributed by atoms with Crippen LogP contribution in [0.5, 0.6) is 0 Å². The van der Waals surface area contributed by atoms with Gasteiger partial charge in [-0.3, -0.25) is 9.48 Å². The predicted octanol–water partition coefficient (Wildman–Crippen LogP) is 1.65. The van der Waals surface area contributed by atoms with Gasteiger partial charge in [0.1, 0.15) is 5.69 Å². The molecule has 0 saturated heterocycles. The first kappa shape index (κ1) is 14.1. The highest BCUT2D eigenvalue weighted by atomic mass is 32.1. The van der Waals surface area contributed by atoms with Gasteiger partial charge in [-0.2, -0.15) is 10.1 Å². The van der Waals surface area contributed by atoms with E-state index in [9.17, 15) is 4.79 Å². The third-order valence-electron chi connectivity index (χ3n) is 3.89. The van der Waals surface area contributed by atoms with E-state index in [0.717, 1.165) is 11.3 Å². The van der Waals surface area contributed by atoms with Gasteiger partial charge in [-0.1, -0.05) is 12.1 Å². The normalized spacial score (nSPS) is 13.6. The number of fused-ring (bicyclic) bond motifs is 1.